The lowest BCUT2D eigenvalue weighted by Crippen LogP contribution is -2.37. The van der Waals surface area contributed by atoms with Crippen molar-refractivity contribution < 1.29 is 17.6 Å². The average molecular weight is 475 g/mol. The van der Waals surface area contributed by atoms with Crippen LogP contribution >= 0.6 is 34.5 Å². The van der Waals surface area contributed by atoms with Gasteiger partial charge >= 0.3 is 0 Å². The Labute approximate surface area is 180 Å². The smallest absolute Gasteiger partial charge is 0.246 e. The van der Waals surface area contributed by atoms with Crippen molar-refractivity contribution in [2.75, 3.05) is 22.4 Å². The van der Waals surface area contributed by atoms with E-state index in [1.165, 1.54) is 6.07 Å². The first-order valence-corrected chi connectivity index (χ1v) is 11.4. The maximum absolute atomic E-state index is 13.4. The number of sulfonamides is 1. The Hall–Kier alpha value is -2.27. The molecular weight excluding hydrogens is 462 g/mol. The van der Waals surface area contributed by atoms with Crippen LogP contribution in [0.1, 0.15) is 0 Å². The van der Waals surface area contributed by atoms with Gasteiger partial charge in [0.15, 0.2) is 0 Å². The van der Waals surface area contributed by atoms with Crippen molar-refractivity contribution in [2.24, 2.45) is 0 Å². The van der Waals surface area contributed by atoms with Gasteiger partial charge in [-0.15, -0.1) is 10.2 Å². The van der Waals surface area contributed by atoms with Gasteiger partial charge in [-0.25, -0.2) is 12.8 Å². The molecule has 0 fully saturated rings. The number of halogens is 3. The molecule has 0 saturated carbocycles. The summed E-state index contributed by atoms with van der Waals surface area (Å²) < 4.78 is 38.4. The summed E-state index contributed by atoms with van der Waals surface area (Å²) in [5, 5.41) is 11.5. The Bertz CT molecular complexity index is 1150. The number of nitrogens with one attached hydrogen (secondary N) is 1. The van der Waals surface area contributed by atoms with Gasteiger partial charge in [0.05, 0.1) is 17.0 Å². The Morgan fingerprint density at radius 1 is 1.17 bits per heavy atom. The molecule has 0 saturated heterocycles. The van der Waals surface area contributed by atoms with Crippen LogP contribution in [0.5, 0.6) is 0 Å². The van der Waals surface area contributed by atoms with Crippen molar-refractivity contribution in [3.63, 3.8) is 0 Å². The van der Waals surface area contributed by atoms with E-state index in [2.05, 4.69) is 15.5 Å². The molecule has 0 unspecified atom stereocenters. The van der Waals surface area contributed by atoms with Crippen LogP contribution in [-0.4, -0.2) is 37.3 Å². The Morgan fingerprint density at radius 2 is 1.86 bits per heavy atom. The van der Waals surface area contributed by atoms with Crippen LogP contribution in [0, 0.1) is 5.82 Å². The van der Waals surface area contributed by atoms with Crippen LogP contribution in [0.4, 0.5) is 15.2 Å². The molecule has 0 aliphatic carbocycles. The lowest BCUT2D eigenvalue weighted by Gasteiger charge is -2.21. The lowest BCUT2D eigenvalue weighted by atomic mass is 10.2. The molecule has 29 heavy (non-hydrogen) atoms. The fraction of sp³-hybridized carbons (Fsp3) is 0.118. The van der Waals surface area contributed by atoms with Gasteiger partial charge in [0.25, 0.3) is 0 Å². The molecule has 0 aliphatic rings. The second-order valence-corrected chi connectivity index (χ2v) is 9.56. The maximum Gasteiger partial charge on any atom is 0.246 e. The Balaban J connectivity index is 1.75. The molecule has 3 rings (SSSR count). The molecular formula is C17H13Cl2FN4O3S2. The topological polar surface area (TPSA) is 92.3 Å². The van der Waals surface area contributed by atoms with E-state index in [1.807, 2.05) is 0 Å². The molecule has 0 bridgehead atoms. The number of carbonyl (C=O) groups is 1. The quantitative estimate of drug-likeness (QED) is 0.581. The van der Waals surface area contributed by atoms with Gasteiger partial charge in [0, 0.05) is 10.6 Å². The van der Waals surface area contributed by atoms with E-state index in [0.29, 0.717) is 10.0 Å². The predicted molar refractivity (Wildman–Crippen MR) is 113 cm³/mol. The van der Waals surface area contributed by atoms with Crippen LogP contribution in [0.3, 0.4) is 0 Å². The standard InChI is InChI=1S/C17H13Cl2FN4O3S2/c1-29(26,27)24(12-6-7-14(20)13(19)8-12)9-15(25)21-17-23-22-16(28-17)10-2-4-11(18)5-3-10/h2-8H,9H2,1H3,(H,21,23,25). The number of hydrogen-bond donors (Lipinski definition) is 1. The monoisotopic (exact) mass is 474 g/mol. The summed E-state index contributed by atoms with van der Waals surface area (Å²) in [7, 11) is -3.83. The third-order valence-electron chi connectivity index (χ3n) is 3.64. The maximum atomic E-state index is 13.4. The summed E-state index contributed by atoms with van der Waals surface area (Å²) in [5.41, 5.74) is 0.833. The van der Waals surface area contributed by atoms with E-state index in [1.54, 1.807) is 24.3 Å². The molecule has 0 radical (unpaired) electrons. The molecule has 2 aromatic carbocycles. The molecule has 0 spiro atoms. The molecule has 1 N–H and O–H groups in total. The summed E-state index contributed by atoms with van der Waals surface area (Å²) in [6.07, 6.45) is 0.932. The number of anilines is 2. The molecule has 1 amide bonds. The van der Waals surface area contributed by atoms with Gasteiger partial charge in [-0.05, 0) is 30.3 Å². The van der Waals surface area contributed by atoms with Crippen molar-refractivity contribution in [1.29, 1.82) is 0 Å². The third-order valence-corrected chi connectivity index (χ3v) is 6.21. The second-order valence-electron chi connectivity index (χ2n) is 5.84. The van der Waals surface area contributed by atoms with Crippen LogP contribution in [0.25, 0.3) is 10.6 Å². The highest BCUT2D eigenvalue weighted by Gasteiger charge is 2.22. The minimum Gasteiger partial charge on any atom is -0.299 e. The van der Waals surface area contributed by atoms with Crippen LogP contribution < -0.4 is 9.62 Å². The van der Waals surface area contributed by atoms with Crippen molar-refractivity contribution in [3.05, 3.63) is 58.3 Å². The number of hydrogen-bond acceptors (Lipinski definition) is 6. The van der Waals surface area contributed by atoms with Crippen molar-refractivity contribution in [3.8, 4) is 10.6 Å². The average Bonchev–Trinajstić information content (AvgIpc) is 3.10. The number of aromatic nitrogens is 2. The van der Waals surface area contributed by atoms with Crippen LogP contribution in [0.2, 0.25) is 10.0 Å². The number of carbonyl (C=O) groups excluding carboxylic acids is 1. The number of amides is 1. The Morgan fingerprint density at radius 3 is 2.48 bits per heavy atom. The summed E-state index contributed by atoms with van der Waals surface area (Å²) >= 11 is 12.7. The predicted octanol–water partition coefficient (Wildman–Crippen LogP) is 4.06. The molecule has 3 aromatic rings. The molecule has 152 valence electrons. The van der Waals surface area contributed by atoms with Gasteiger partial charge in [0.1, 0.15) is 17.4 Å². The summed E-state index contributed by atoms with van der Waals surface area (Å²) in [4.78, 5) is 12.4. The van der Waals surface area contributed by atoms with E-state index >= 15 is 0 Å². The van der Waals surface area contributed by atoms with Crippen LogP contribution in [-0.2, 0) is 14.8 Å². The number of rotatable bonds is 6. The fourth-order valence-corrected chi connectivity index (χ4v) is 4.23. The first-order valence-electron chi connectivity index (χ1n) is 7.95. The van der Waals surface area contributed by atoms with E-state index in [4.69, 9.17) is 23.2 Å². The molecule has 0 aliphatic heterocycles. The van der Waals surface area contributed by atoms with Crippen molar-refractivity contribution >= 4 is 61.3 Å². The summed E-state index contributed by atoms with van der Waals surface area (Å²) in [6, 6.07) is 10.3. The Kier molecular flexibility index (Phi) is 6.37. The van der Waals surface area contributed by atoms with Gasteiger partial charge < -0.3 is 0 Å². The highest BCUT2D eigenvalue weighted by atomic mass is 35.5. The molecule has 7 nitrogen and oxygen atoms in total. The first-order chi connectivity index (χ1) is 13.6. The van der Waals surface area contributed by atoms with E-state index in [9.17, 15) is 17.6 Å². The molecule has 1 heterocycles. The second kappa shape index (κ2) is 8.62. The highest BCUT2D eigenvalue weighted by Crippen LogP contribution is 2.28. The highest BCUT2D eigenvalue weighted by molar-refractivity contribution is 7.92. The zero-order valence-electron chi connectivity index (χ0n) is 14.8. The number of benzene rings is 2. The van der Waals surface area contributed by atoms with E-state index < -0.39 is 28.3 Å². The van der Waals surface area contributed by atoms with Crippen molar-refractivity contribution in [2.45, 2.75) is 0 Å². The van der Waals surface area contributed by atoms with Gasteiger partial charge in [-0.2, -0.15) is 0 Å². The summed E-state index contributed by atoms with van der Waals surface area (Å²) in [6.45, 7) is -0.545. The lowest BCUT2D eigenvalue weighted by molar-refractivity contribution is -0.114. The van der Waals surface area contributed by atoms with Gasteiger partial charge in [0.2, 0.25) is 21.1 Å². The SMILES string of the molecule is CS(=O)(=O)N(CC(=O)Nc1nnc(-c2ccc(Cl)cc2)s1)c1ccc(F)c(Cl)c1. The normalized spacial score (nSPS) is 11.3. The molecule has 12 heteroatoms. The fourth-order valence-electron chi connectivity index (χ4n) is 2.31. The number of nitrogens with zero attached hydrogens (tertiary/aromatic N) is 3. The molecule has 1 aromatic heterocycles. The minimum atomic E-state index is -3.83. The van der Waals surface area contributed by atoms with E-state index in [0.717, 1.165) is 39.6 Å². The van der Waals surface area contributed by atoms with E-state index in [-0.39, 0.29) is 15.8 Å². The first kappa shape index (κ1) is 21.4. The van der Waals surface area contributed by atoms with Gasteiger partial charge in [-0.3, -0.25) is 14.4 Å². The zero-order valence-corrected chi connectivity index (χ0v) is 17.9. The third kappa shape index (κ3) is 5.41. The van der Waals surface area contributed by atoms with Crippen molar-refractivity contribution in [1.82, 2.24) is 10.2 Å². The largest absolute Gasteiger partial charge is 0.299 e. The minimum absolute atomic E-state index is 0.0631. The molecule has 0 atom stereocenters. The van der Waals surface area contributed by atoms with Gasteiger partial charge in [-0.1, -0.05) is 46.7 Å². The summed E-state index contributed by atoms with van der Waals surface area (Å²) in [5.74, 6) is -1.34. The van der Waals surface area contributed by atoms with Crippen LogP contribution in [0.15, 0.2) is 42.5 Å². The zero-order chi connectivity index (χ0) is 21.2.